The van der Waals surface area contributed by atoms with E-state index < -0.39 is 5.97 Å². The van der Waals surface area contributed by atoms with Crippen molar-refractivity contribution in [3.05, 3.63) is 88.5 Å². The number of anilines is 1. The average Bonchev–Trinajstić information content (AvgIpc) is 3.31. The number of morpholine rings is 1. The van der Waals surface area contributed by atoms with E-state index in [2.05, 4.69) is 14.9 Å². The van der Waals surface area contributed by atoms with Crippen LogP contribution in [0.4, 0.5) is 5.95 Å². The summed E-state index contributed by atoms with van der Waals surface area (Å²) >= 11 is 6.83. The van der Waals surface area contributed by atoms with Gasteiger partial charge in [0, 0.05) is 43.3 Å². The number of hydrogen-bond acceptors (Lipinski definition) is 10. The van der Waals surface area contributed by atoms with Crippen molar-refractivity contribution in [2.24, 2.45) is 0 Å². The highest BCUT2D eigenvalue weighted by Gasteiger charge is 2.31. The number of carboxylic acids is 1. The van der Waals surface area contributed by atoms with Crippen molar-refractivity contribution in [2.75, 3.05) is 51.7 Å². The minimum absolute atomic E-state index is 0.155. The molecule has 2 aliphatic heterocycles. The van der Waals surface area contributed by atoms with Gasteiger partial charge in [-0.1, -0.05) is 54.3 Å². The fourth-order valence-corrected chi connectivity index (χ4v) is 6.51. The first-order valence-corrected chi connectivity index (χ1v) is 15.7. The van der Waals surface area contributed by atoms with Crippen LogP contribution in [0.1, 0.15) is 21.5 Å². The van der Waals surface area contributed by atoms with E-state index in [9.17, 15) is 9.59 Å². The highest BCUT2D eigenvalue weighted by molar-refractivity contribution is 8.26. The molecule has 3 N–H and O–H groups in total. The Morgan fingerprint density at radius 1 is 1.09 bits per heavy atom. The normalized spacial score (nSPS) is 16.5. The number of thiocarbonyl (C=S) groups is 1. The first-order valence-electron chi connectivity index (χ1n) is 14.5. The van der Waals surface area contributed by atoms with Crippen LogP contribution in [0.25, 0.3) is 28.1 Å². The molecule has 4 aromatic rings. The molecule has 0 aliphatic carbocycles. The van der Waals surface area contributed by atoms with Crippen molar-refractivity contribution in [2.45, 2.75) is 6.42 Å². The molecule has 1 amide bonds. The van der Waals surface area contributed by atoms with Gasteiger partial charge in [0.1, 0.15) is 16.7 Å². The fourth-order valence-electron chi connectivity index (χ4n) is 5.20. The van der Waals surface area contributed by atoms with Crippen LogP contribution in [0.3, 0.4) is 0 Å². The number of hydrogen-bond donors (Lipinski definition) is 2. The molecule has 0 unspecified atom stereocenters. The van der Waals surface area contributed by atoms with E-state index in [1.165, 1.54) is 11.8 Å². The Kier molecular flexibility index (Phi) is 9.36. The molecule has 2 saturated heterocycles. The molecular formula is C33H31N5O5S2. The zero-order valence-electron chi connectivity index (χ0n) is 24.3. The van der Waals surface area contributed by atoms with Gasteiger partial charge in [-0.2, -0.15) is 0 Å². The predicted octanol–water partition coefficient (Wildman–Crippen LogP) is 4.73. The molecule has 45 heavy (non-hydrogen) atoms. The molecule has 12 heteroatoms. The van der Waals surface area contributed by atoms with E-state index in [-0.39, 0.29) is 17.4 Å². The lowest BCUT2D eigenvalue weighted by molar-refractivity contribution is -0.122. The van der Waals surface area contributed by atoms with Crippen LogP contribution < -0.4 is 10.5 Å². The van der Waals surface area contributed by atoms with E-state index in [4.69, 9.17) is 32.5 Å². The summed E-state index contributed by atoms with van der Waals surface area (Å²) in [5, 5.41) is 10.0. The maximum atomic E-state index is 13.4. The molecule has 2 aliphatic rings. The smallest absolute Gasteiger partial charge is 0.335 e. The Bertz CT molecular complexity index is 1790. The third kappa shape index (κ3) is 7.31. The Morgan fingerprint density at radius 3 is 2.67 bits per heavy atom. The van der Waals surface area contributed by atoms with Crippen molar-refractivity contribution in [1.29, 1.82) is 0 Å². The number of nitrogens with two attached hydrogens (primary N) is 1. The molecule has 1 aromatic heterocycles. The van der Waals surface area contributed by atoms with Crippen LogP contribution in [0.5, 0.6) is 5.75 Å². The second-order valence-electron chi connectivity index (χ2n) is 10.6. The molecule has 6 rings (SSSR count). The number of nitrogen functional groups attached to an aromatic ring is 1. The largest absolute Gasteiger partial charge is 0.492 e. The number of aromatic carboxylic acids is 1. The maximum Gasteiger partial charge on any atom is 0.335 e. The summed E-state index contributed by atoms with van der Waals surface area (Å²) in [4.78, 5) is 37.5. The summed E-state index contributed by atoms with van der Waals surface area (Å²) in [7, 11) is 0. The quantitative estimate of drug-likeness (QED) is 0.184. The molecule has 0 spiro atoms. The molecule has 0 atom stereocenters. The lowest BCUT2D eigenvalue weighted by atomic mass is 10.00. The van der Waals surface area contributed by atoms with E-state index in [0.29, 0.717) is 28.8 Å². The van der Waals surface area contributed by atoms with Crippen LogP contribution in [0.2, 0.25) is 0 Å². The standard InChI is InChI=1S/C33H31N5O5S2/c34-32-35-20-25-7-6-24(19-27(25)36-32)26-17-22(3-8-28(26)43-16-13-37-11-14-42-15-12-37)18-29-30(39)38(33(44)45-29)10-9-21-1-4-23(5-2-21)31(40)41/h1-8,17-20H,9-16H2,(H,40,41)(H2,34,35,36). The molecule has 3 heterocycles. The van der Waals surface area contributed by atoms with Crippen LogP contribution >= 0.6 is 24.0 Å². The number of benzene rings is 3. The second-order valence-corrected chi connectivity index (χ2v) is 12.3. The monoisotopic (exact) mass is 641 g/mol. The van der Waals surface area contributed by atoms with Crippen LogP contribution in [0, 0.1) is 0 Å². The number of aromatic nitrogens is 2. The second kappa shape index (κ2) is 13.7. The summed E-state index contributed by atoms with van der Waals surface area (Å²) in [5.74, 6) is -0.200. The molecule has 10 nitrogen and oxygen atoms in total. The number of ether oxygens (including phenoxy) is 2. The van der Waals surface area contributed by atoms with Gasteiger partial charge in [0.15, 0.2) is 0 Å². The Morgan fingerprint density at radius 2 is 1.89 bits per heavy atom. The Balaban J connectivity index is 1.23. The number of rotatable bonds is 10. The zero-order valence-corrected chi connectivity index (χ0v) is 26.0. The molecule has 230 valence electrons. The number of thioether (sulfide) groups is 1. The van der Waals surface area contributed by atoms with Crippen molar-refractivity contribution in [3.63, 3.8) is 0 Å². The SMILES string of the molecule is Nc1ncc2ccc(-c3cc(C=C4SC(=S)N(CCc5ccc(C(=O)O)cc5)C4=O)ccc3OCCN3CCOCC3)cc2n1. The van der Waals surface area contributed by atoms with Gasteiger partial charge in [-0.15, -0.1) is 0 Å². The van der Waals surface area contributed by atoms with Crippen molar-refractivity contribution in [3.8, 4) is 16.9 Å². The number of carbonyl (C=O) groups is 2. The van der Waals surface area contributed by atoms with Crippen molar-refractivity contribution >= 4 is 63.1 Å². The summed E-state index contributed by atoms with van der Waals surface area (Å²) in [6, 6.07) is 18.4. The molecule has 0 saturated carbocycles. The van der Waals surface area contributed by atoms with Gasteiger partial charge < -0.3 is 20.3 Å². The van der Waals surface area contributed by atoms with Gasteiger partial charge in [0.2, 0.25) is 5.95 Å². The first-order chi connectivity index (χ1) is 21.8. The first kappa shape index (κ1) is 30.7. The number of amides is 1. The fraction of sp³-hybridized carbons (Fsp3) is 0.242. The van der Waals surface area contributed by atoms with Crippen LogP contribution in [0.15, 0.2) is 71.8 Å². The predicted molar refractivity (Wildman–Crippen MR) is 179 cm³/mol. The van der Waals surface area contributed by atoms with E-state index in [0.717, 1.165) is 71.8 Å². The van der Waals surface area contributed by atoms with E-state index >= 15 is 0 Å². The summed E-state index contributed by atoms with van der Waals surface area (Å²) < 4.78 is 12.3. The number of nitrogens with zero attached hydrogens (tertiary/aromatic N) is 4. The van der Waals surface area contributed by atoms with Gasteiger partial charge in [0.25, 0.3) is 5.91 Å². The topological polar surface area (TPSA) is 131 Å². The van der Waals surface area contributed by atoms with Gasteiger partial charge in [-0.25, -0.2) is 14.8 Å². The molecule has 0 radical (unpaired) electrons. The van der Waals surface area contributed by atoms with Gasteiger partial charge >= 0.3 is 5.97 Å². The molecule has 2 fully saturated rings. The summed E-state index contributed by atoms with van der Waals surface area (Å²) in [6.45, 7) is 4.94. The zero-order chi connectivity index (χ0) is 31.3. The number of fused-ring (bicyclic) bond motifs is 1. The highest BCUT2D eigenvalue weighted by atomic mass is 32.2. The van der Waals surface area contributed by atoms with Crippen LogP contribution in [-0.2, 0) is 16.0 Å². The molecule has 0 bridgehead atoms. The van der Waals surface area contributed by atoms with Gasteiger partial charge in [0.05, 0.1) is 29.2 Å². The highest BCUT2D eigenvalue weighted by Crippen LogP contribution is 2.36. The Hall–Kier alpha value is -4.36. The molecular weight excluding hydrogens is 611 g/mol. The lowest BCUT2D eigenvalue weighted by Crippen LogP contribution is -2.38. The average molecular weight is 642 g/mol. The summed E-state index contributed by atoms with van der Waals surface area (Å²) in [6.07, 6.45) is 4.10. The van der Waals surface area contributed by atoms with Gasteiger partial charge in [-0.3, -0.25) is 14.6 Å². The number of carboxylic acid groups (broad SMARTS) is 1. The number of carbonyl (C=O) groups excluding carboxylic acids is 1. The summed E-state index contributed by atoms with van der Waals surface area (Å²) in [5.41, 5.74) is 10.3. The van der Waals surface area contributed by atoms with E-state index in [1.54, 1.807) is 35.4 Å². The Labute approximate surface area is 269 Å². The van der Waals surface area contributed by atoms with Gasteiger partial charge in [-0.05, 0) is 59.5 Å². The minimum atomic E-state index is -0.973. The minimum Gasteiger partial charge on any atom is -0.492 e. The van der Waals surface area contributed by atoms with Crippen molar-refractivity contribution in [1.82, 2.24) is 19.8 Å². The maximum absolute atomic E-state index is 13.4. The lowest BCUT2D eigenvalue weighted by Gasteiger charge is -2.26. The third-order valence-electron chi connectivity index (χ3n) is 7.68. The molecule has 3 aromatic carbocycles. The van der Waals surface area contributed by atoms with Crippen molar-refractivity contribution < 1.29 is 24.2 Å². The van der Waals surface area contributed by atoms with E-state index in [1.807, 2.05) is 42.5 Å². The van der Waals surface area contributed by atoms with Crippen LogP contribution in [-0.4, -0.2) is 87.1 Å². The third-order valence-corrected chi connectivity index (χ3v) is 9.06.